The minimum Gasteiger partial charge on any atom is -0.357 e. The van der Waals surface area contributed by atoms with E-state index < -0.39 is 0 Å². The number of aromatic amines is 1. The molecule has 2 heterocycles. The number of aryl methyl sites for hydroxylation is 1. The maximum atomic E-state index is 4.44. The summed E-state index contributed by atoms with van der Waals surface area (Å²) in [4.78, 5) is 13.5. The van der Waals surface area contributed by atoms with Gasteiger partial charge >= 0.3 is 0 Å². The van der Waals surface area contributed by atoms with Crippen LogP contribution in [0.2, 0.25) is 0 Å². The molecule has 0 radical (unpaired) electrons. The zero-order valence-corrected chi connectivity index (χ0v) is 17.7. The topological polar surface area (TPSA) is 65.1 Å². The van der Waals surface area contributed by atoms with E-state index >= 15 is 0 Å². The molecule has 5 nitrogen and oxygen atoms in total. The highest BCUT2D eigenvalue weighted by Gasteiger charge is 2.04. The maximum absolute atomic E-state index is 4.44. The summed E-state index contributed by atoms with van der Waals surface area (Å²) < 4.78 is 0. The van der Waals surface area contributed by atoms with Crippen LogP contribution in [0.5, 0.6) is 0 Å². The Labute approximate surface area is 169 Å². The molecule has 0 saturated heterocycles. The number of nitrogens with zero attached hydrogens (tertiary/aromatic N) is 2. The molecule has 0 unspecified atom stereocenters. The lowest BCUT2D eigenvalue weighted by Gasteiger charge is -2.10. The molecule has 0 bridgehead atoms. The van der Waals surface area contributed by atoms with Crippen LogP contribution in [0.1, 0.15) is 22.5 Å². The zero-order chi connectivity index (χ0) is 16.8. The summed E-state index contributed by atoms with van der Waals surface area (Å²) in [5, 5.41) is 9.08. The van der Waals surface area contributed by atoms with Gasteiger partial charge in [0.1, 0.15) is 0 Å². The summed E-state index contributed by atoms with van der Waals surface area (Å²) in [7, 11) is 1.79. The number of nitrogens with one attached hydrogen (secondary N) is 3. The molecular weight excluding hydrogens is 445 g/mol. The van der Waals surface area contributed by atoms with Gasteiger partial charge in [0.25, 0.3) is 0 Å². The molecule has 0 aliphatic rings. The van der Waals surface area contributed by atoms with Crippen molar-refractivity contribution in [2.45, 2.75) is 26.3 Å². The van der Waals surface area contributed by atoms with Crippen LogP contribution in [0.3, 0.4) is 0 Å². The highest BCUT2D eigenvalue weighted by molar-refractivity contribution is 14.0. The molecule has 0 aliphatic heterocycles. The van der Waals surface area contributed by atoms with Crippen molar-refractivity contribution < 1.29 is 0 Å². The molecule has 0 saturated carbocycles. The maximum Gasteiger partial charge on any atom is 0.191 e. The summed E-state index contributed by atoms with van der Waals surface area (Å²) in [5.41, 5.74) is 2.31. The van der Waals surface area contributed by atoms with E-state index in [1.807, 2.05) is 12.3 Å². The van der Waals surface area contributed by atoms with E-state index in [0.29, 0.717) is 6.54 Å². The van der Waals surface area contributed by atoms with Crippen molar-refractivity contribution in [1.29, 1.82) is 0 Å². The third kappa shape index (κ3) is 5.43. The van der Waals surface area contributed by atoms with Crippen LogP contribution in [0.15, 0.2) is 41.5 Å². The van der Waals surface area contributed by atoms with Gasteiger partial charge in [0, 0.05) is 42.3 Å². The molecular formula is C18H24IN5S. The second kappa shape index (κ2) is 9.76. The lowest BCUT2D eigenvalue weighted by molar-refractivity contribution is 0.785. The molecule has 0 spiro atoms. The molecule has 3 rings (SSSR count). The highest BCUT2D eigenvalue weighted by atomic mass is 127. The van der Waals surface area contributed by atoms with Gasteiger partial charge in [-0.25, -0.2) is 4.98 Å². The van der Waals surface area contributed by atoms with Crippen LogP contribution in [-0.4, -0.2) is 29.5 Å². The summed E-state index contributed by atoms with van der Waals surface area (Å²) in [6, 6.07) is 10.5. The first-order valence-corrected chi connectivity index (χ1v) is 9.05. The Balaban J connectivity index is 0.00000225. The number of para-hydroxylation sites is 1. The minimum absolute atomic E-state index is 0. The molecule has 0 amide bonds. The molecule has 7 heteroatoms. The first kappa shape index (κ1) is 19.7. The number of hydrogen-bond donors (Lipinski definition) is 3. The second-order valence-corrected chi connectivity index (χ2v) is 6.76. The number of thiazole rings is 1. The quantitative estimate of drug-likeness (QED) is 0.293. The van der Waals surface area contributed by atoms with E-state index in [2.05, 4.69) is 56.8 Å². The number of rotatable bonds is 6. The van der Waals surface area contributed by atoms with Crippen LogP contribution < -0.4 is 10.6 Å². The van der Waals surface area contributed by atoms with Crippen molar-refractivity contribution in [1.82, 2.24) is 20.6 Å². The van der Waals surface area contributed by atoms with Gasteiger partial charge in [-0.1, -0.05) is 25.1 Å². The Bertz CT molecular complexity index is 791. The summed E-state index contributed by atoms with van der Waals surface area (Å²) >= 11 is 1.79. The lowest BCUT2D eigenvalue weighted by Crippen LogP contribution is -2.37. The van der Waals surface area contributed by atoms with Crippen LogP contribution in [0.25, 0.3) is 10.9 Å². The average molecular weight is 469 g/mol. The number of hydrogen-bond acceptors (Lipinski definition) is 3. The van der Waals surface area contributed by atoms with Gasteiger partial charge < -0.3 is 15.6 Å². The van der Waals surface area contributed by atoms with Crippen LogP contribution in [0, 0.1) is 0 Å². The van der Waals surface area contributed by atoms with Gasteiger partial charge in [-0.15, -0.1) is 35.3 Å². The fourth-order valence-electron chi connectivity index (χ4n) is 2.54. The van der Waals surface area contributed by atoms with E-state index in [0.717, 1.165) is 36.6 Å². The zero-order valence-electron chi connectivity index (χ0n) is 14.5. The Morgan fingerprint density at radius 3 is 2.84 bits per heavy atom. The summed E-state index contributed by atoms with van der Waals surface area (Å²) in [5.74, 6) is 0.806. The highest BCUT2D eigenvalue weighted by Crippen LogP contribution is 2.14. The number of aromatic nitrogens is 2. The number of fused-ring (bicyclic) bond motifs is 1. The summed E-state index contributed by atoms with van der Waals surface area (Å²) in [6.07, 6.45) is 3.94. The van der Waals surface area contributed by atoms with E-state index in [1.165, 1.54) is 15.3 Å². The van der Waals surface area contributed by atoms with Gasteiger partial charge in [-0.2, -0.15) is 0 Å². The van der Waals surface area contributed by atoms with Crippen molar-refractivity contribution in [2.24, 2.45) is 4.99 Å². The largest absolute Gasteiger partial charge is 0.357 e. The standard InChI is InChI=1S/C18H23N5S.HI/c1-3-15-12-21-17(24-15)8-9-20-18(19-2)22-11-14-10-13-6-4-5-7-16(13)23-14;/h4-7,10,12,23H,3,8-9,11H2,1-2H3,(H2,19,20,22);1H. The van der Waals surface area contributed by atoms with E-state index in [4.69, 9.17) is 0 Å². The number of guanidine groups is 1. The average Bonchev–Trinajstić information content (AvgIpc) is 3.23. The van der Waals surface area contributed by atoms with Gasteiger partial charge in [0.2, 0.25) is 0 Å². The van der Waals surface area contributed by atoms with E-state index in [-0.39, 0.29) is 24.0 Å². The fraction of sp³-hybridized carbons (Fsp3) is 0.333. The van der Waals surface area contributed by atoms with Gasteiger partial charge in [0.05, 0.1) is 11.6 Å². The number of benzene rings is 1. The fourth-order valence-corrected chi connectivity index (χ4v) is 3.41. The smallest absolute Gasteiger partial charge is 0.191 e. The van der Waals surface area contributed by atoms with Crippen molar-refractivity contribution in [3.05, 3.63) is 52.1 Å². The first-order valence-electron chi connectivity index (χ1n) is 8.23. The molecule has 2 aromatic heterocycles. The van der Waals surface area contributed by atoms with Crippen LogP contribution in [-0.2, 0) is 19.4 Å². The normalized spacial score (nSPS) is 11.4. The number of aliphatic imine (C=N–C) groups is 1. The third-order valence-corrected chi connectivity index (χ3v) is 5.04. The van der Waals surface area contributed by atoms with Gasteiger partial charge in [-0.05, 0) is 23.9 Å². The molecule has 1 aromatic carbocycles. The van der Waals surface area contributed by atoms with Crippen LogP contribution in [0.4, 0.5) is 0 Å². The first-order chi connectivity index (χ1) is 11.8. The SMILES string of the molecule is CCc1cnc(CCNC(=NC)NCc2cc3ccccc3[nH]2)s1.I. The van der Waals surface area contributed by atoms with Crippen molar-refractivity contribution in [3.63, 3.8) is 0 Å². The molecule has 3 N–H and O–H groups in total. The minimum atomic E-state index is 0. The molecule has 134 valence electrons. The Morgan fingerprint density at radius 1 is 1.28 bits per heavy atom. The lowest BCUT2D eigenvalue weighted by atomic mass is 10.2. The number of halogens is 1. The second-order valence-electron chi connectivity index (χ2n) is 5.56. The Hall–Kier alpha value is -1.61. The van der Waals surface area contributed by atoms with Gasteiger partial charge in [0.15, 0.2) is 5.96 Å². The van der Waals surface area contributed by atoms with Crippen molar-refractivity contribution >= 4 is 52.2 Å². The number of H-pyrrole nitrogens is 1. The van der Waals surface area contributed by atoms with Crippen LogP contribution >= 0.6 is 35.3 Å². The van der Waals surface area contributed by atoms with E-state index in [1.54, 1.807) is 18.4 Å². The Kier molecular flexibility index (Phi) is 7.70. The molecule has 0 fully saturated rings. The molecule has 3 aromatic rings. The molecule has 25 heavy (non-hydrogen) atoms. The van der Waals surface area contributed by atoms with E-state index in [9.17, 15) is 0 Å². The van der Waals surface area contributed by atoms with Crippen molar-refractivity contribution in [2.75, 3.05) is 13.6 Å². The van der Waals surface area contributed by atoms with Gasteiger partial charge in [-0.3, -0.25) is 4.99 Å². The third-order valence-electron chi connectivity index (χ3n) is 3.84. The van der Waals surface area contributed by atoms with Crippen molar-refractivity contribution in [3.8, 4) is 0 Å². The molecule has 0 aliphatic carbocycles. The Morgan fingerprint density at radius 2 is 2.12 bits per heavy atom. The predicted octanol–water partition coefficient (Wildman–Crippen LogP) is 3.71. The monoisotopic (exact) mass is 469 g/mol. The molecule has 0 atom stereocenters. The predicted molar refractivity (Wildman–Crippen MR) is 117 cm³/mol. The summed E-state index contributed by atoms with van der Waals surface area (Å²) in [6.45, 7) is 3.69.